The average molecular weight is 402 g/mol. The zero-order valence-corrected chi connectivity index (χ0v) is 17.5. The van der Waals surface area contributed by atoms with Crippen LogP contribution in [0.5, 0.6) is 0 Å². The summed E-state index contributed by atoms with van der Waals surface area (Å²) in [5, 5.41) is 20.1. The molecule has 0 aromatic heterocycles. The predicted molar refractivity (Wildman–Crippen MR) is 103 cm³/mol. The highest BCUT2D eigenvalue weighted by Crippen LogP contribution is 2.66. The largest absolute Gasteiger partial charge is 0.330 e. The van der Waals surface area contributed by atoms with Crippen LogP contribution in [0, 0.1) is 48.3 Å². The van der Waals surface area contributed by atoms with Gasteiger partial charge in [-0.25, -0.2) is 0 Å². The number of nitrogens with two attached hydrogens (primary N) is 1. The van der Waals surface area contributed by atoms with Crippen molar-refractivity contribution in [1.82, 2.24) is 0 Å². The molecular weight excluding hydrogens is 366 g/mol. The Hall–Kier alpha value is -1.64. The van der Waals surface area contributed by atoms with E-state index in [0.717, 1.165) is 38.5 Å². The fourth-order valence-corrected chi connectivity index (χ4v) is 7.31. The molecular formula is C19H35N3O6. The van der Waals surface area contributed by atoms with E-state index < -0.39 is 22.9 Å². The van der Waals surface area contributed by atoms with E-state index in [4.69, 9.17) is 10.6 Å². The molecule has 0 radical (unpaired) electrons. The molecule has 0 saturated heterocycles. The third kappa shape index (κ3) is 5.04. The van der Waals surface area contributed by atoms with Gasteiger partial charge in [-0.3, -0.25) is 0 Å². The lowest BCUT2D eigenvalue weighted by Crippen LogP contribution is -2.55. The van der Waals surface area contributed by atoms with Gasteiger partial charge in [-0.2, -0.15) is 0 Å². The highest BCUT2D eigenvalue weighted by molar-refractivity contribution is 5.07. The Morgan fingerprint density at radius 2 is 1.82 bits per heavy atom. The quantitative estimate of drug-likeness (QED) is 0.435. The van der Waals surface area contributed by atoms with Crippen molar-refractivity contribution in [1.29, 1.82) is 0 Å². The fraction of sp³-hybridized carbons (Fsp3) is 1.00. The summed E-state index contributed by atoms with van der Waals surface area (Å²) in [5.41, 5.74) is 5.93. The Morgan fingerprint density at radius 1 is 1.14 bits per heavy atom. The minimum Gasteiger partial charge on any atom is -0.330 e. The molecule has 2 saturated carbocycles. The van der Waals surface area contributed by atoms with Crippen molar-refractivity contribution in [2.75, 3.05) is 13.2 Å². The van der Waals surface area contributed by atoms with E-state index in [1.54, 1.807) is 0 Å². The van der Waals surface area contributed by atoms with Crippen molar-refractivity contribution in [3.63, 3.8) is 0 Å². The van der Waals surface area contributed by atoms with Crippen molar-refractivity contribution in [3.05, 3.63) is 20.2 Å². The molecule has 0 aromatic carbocycles. The standard InChI is InChI=1S/C19H35N3O6/c1-5-15(16(28-22(25)26)10-27-21(23)24)19-9-14(2)8-18(4,13-19)11-17(3,12-19)6-7-20/h14-16H,5-13,20H2,1-4H3. The summed E-state index contributed by atoms with van der Waals surface area (Å²) in [4.78, 5) is 31.3. The van der Waals surface area contributed by atoms with Crippen LogP contribution in [-0.4, -0.2) is 29.4 Å². The van der Waals surface area contributed by atoms with Gasteiger partial charge < -0.3 is 15.4 Å². The van der Waals surface area contributed by atoms with E-state index in [1.165, 1.54) is 0 Å². The van der Waals surface area contributed by atoms with Crippen molar-refractivity contribution in [2.45, 2.75) is 78.7 Å². The molecule has 28 heavy (non-hydrogen) atoms. The molecule has 0 heterocycles. The number of fused-ring (bicyclic) bond motifs is 2. The number of nitrogens with zero attached hydrogens (tertiary/aromatic N) is 2. The molecule has 6 atom stereocenters. The molecule has 0 amide bonds. The maximum Gasteiger partial charge on any atom is 0.294 e. The first-order chi connectivity index (χ1) is 13.0. The van der Waals surface area contributed by atoms with Crippen molar-refractivity contribution in [2.24, 2.45) is 33.8 Å². The summed E-state index contributed by atoms with van der Waals surface area (Å²) in [6.45, 7) is 8.98. The van der Waals surface area contributed by atoms with Gasteiger partial charge in [0.1, 0.15) is 12.7 Å². The summed E-state index contributed by atoms with van der Waals surface area (Å²) in [5.74, 6) is 0.292. The highest BCUT2D eigenvalue weighted by atomic mass is 17.0. The van der Waals surface area contributed by atoms with Crippen LogP contribution in [0.2, 0.25) is 0 Å². The Labute approximate surface area is 166 Å². The molecule has 162 valence electrons. The Bertz CT molecular complexity index is 588. The molecule has 2 bridgehead atoms. The van der Waals surface area contributed by atoms with Crippen LogP contribution < -0.4 is 5.73 Å². The van der Waals surface area contributed by atoms with E-state index in [-0.39, 0.29) is 22.2 Å². The molecule has 0 spiro atoms. The van der Waals surface area contributed by atoms with Crippen LogP contribution in [0.1, 0.15) is 72.6 Å². The summed E-state index contributed by atoms with van der Waals surface area (Å²) in [7, 11) is 0. The second kappa shape index (κ2) is 8.39. The molecule has 6 unspecified atom stereocenters. The van der Waals surface area contributed by atoms with Crippen molar-refractivity contribution >= 4 is 0 Å². The predicted octanol–water partition coefficient (Wildman–Crippen LogP) is 3.76. The zero-order valence-electron chi connectivity index (χ0n) is 17.5. The summed E-state index contributed by atoms with van der Waals surface area (Å²) in [6.07, 6.45) is 5.61. The lowest BCUT2D eigenvalue weighted by atomic mass is 9.43. The highest BCUT2D eigenvalue weighted by Gasteiger charge is 2.58. The topological polar surface area (TPSA) is 131 Å². The average Bonchev–Trinajstić information content (AvgIpc) is 2.49. The van der Waals surface area contributed by atoms with Crippen LogP contribution in [0.3, 0.4) is 0 Å². The monoisotopic (exact) mass is 401 g/mol. The SMILES string of the molecule is CCC(C(CO[N+](=O)[O-])O[N+](=O)[O-])C12CC(C)CC(C)(CC(C)(CCN)C1)C2. The smallest absolute Gasteiger partial charge is 0.294 e. The first-order valence-corrected chi connectivity index (χ1v) is 10.2. The van der Waals surface area contributed by atoms with Gasteiger partial charge in [0.2, 0.25) is 0 Å². The van der Waals surface area contributed by atoms with Crippen LogP contribution >= 0.6 is 0 Å². The van der Waals surface area contributed by atoms with E-state index in [2.05, 4.69) is 25.6 Å². The molecule has 0 aromatic rings. The minimum absolute atomic E-state index is 0.0540. The Kier molecular flexibility index (Phi) is 6.78. The van der Waals surface area contributed by atoms with Gasteiger partial charge in [0.25, 0.3) is 10.2 Å². The fourth-order valence-electron chi connectivity index (χ4n) is 7.31. The molecule has 2 N–H and O–H groups in total. The van der Waals surface area contributed by atoms with Gasteiger partial charge in [0.15, 0.2) is 0 Å². The second-order valence-electron chi connectivity index (χ2n) is 9.97. The first-order valence-electron chi connectivity index (χ1n) is 10.2. The maximum absolute atomic E-state index is 11.1. The Morgan fingerprint density at radius 3 is 2.36 bits per heavy atom. The normalized spacial score (nSPS) is 37.0. The van der Waals surface area contributed by atoms with Crippen LogP contribution in [0.25, 0.3) is 0 Å². The molecule has 2 fully saturated rings. The molecule has 9 nitrogen and oxygen atoms in total. The summed E-state index contributed by atoms with van der Waals surface area (Å²) < 4.78 is 0. The van der Waals surface area contributed by atoms with Gasteiger partial charge in [-0.15, -0.1) is 20.2 Å². The summed E-state index contributed by atoms with van der Waals surface area (Å²) >= 11 is 0. The van der Waals surface area contributed by atoms with Gasteiger partial charge in [0, 0.05) is 0 Å². The lowest BCUT2D eigenvalue weighted by Gasteiger charge is -2.62. The minimum atomic E-state index is -0.958. The third-order valence-corrected chi connectivity index (χ3v) is 7.00. The van der Waals surface area contributed by atoms with Gasteiger partial charge >= 0.3 is 0 Å². The van der Waals surface area contributed by atoms with Crippen LogP contribution in [0.15, 0.2) is 0 Å². The van der Waals surface area contributed by atoms with Gasteiger partial charge in [-0.1, -0.05) is 34.1 Å². The maximum atomic E-state index is 11.1. The van der Waals surface area contributed by atoms with Crippen molar-refractivity contribution in [3.8, 4) is 0 Å². The molecule has 0 aliphatic heterocycles. The second-order valence-corrected chi connectivity index (χ2v) is 9.97. The number of hydrogen-bond donors (Lipinski definition) is 1. The first kappa shape index (κ1) is 22.6. The van der Waals surface area contributed by atoms with Crippen LogP contribution in [-0.2, 0) is 9.68 Å². The van der Waals surface area contributed by atoms with Gasteiger partial charge in [0.05, 0.1) is 0 Å². The molecule has 2 aliphatic carbocycles. The van der Waals surface area contributed by atoms with Gasteiger partial charge in [-0.05, 0) is 73.2 Å². The lowest BCUT2D eigenvalue weighted by molar-refractivity contribution is -0.792. The van der Waals surface area contributed by atoms with E-state index in [1.807, 2.05) is 6.92 Å². The van der Waals surface area contributed by atoms with Crippen molar-refractivity contribution < 1.29 is 19.8 Å². The molecule has 2 rings (SSSR count). The van der Waals surface area contributed by atoms with E-state index in [0.29, 0.717) is 18.9 Å². The third-order valence-electron chi connectivity index (χ3n) is 7.00. The summed E-state index contributed by atoms with van der Waals surface area (Å²) in [6, 6.07) is 0. The van der Waals surface area contributed by atoms with Crippen LogP contribution in [0.4, 0.5) is 0 Å². The molecule has 2 aliphatic rings. The molecule has 9 heteroatoms. The number of hydrogen-bond acceptors (Lipinski definition) is 7. The van der Waals surface area contributed by atoms with E-state index >= 15 is 0 Å². The van der Waals surface area contributed by atoms with E-state index in [9.17, 15) is 20.2 Å². The zero-order chi connectivity index (χ0) is 21.2. The Balaban J connectivity index is 2.42. The number of rotatable bonds is 10.